The highest BCUT2D eigenvalue weighted by Crippen LogP contribution is 2.31. The van der Waals surface area contributed by atoms with Crippen molar-refractivity contribution in [2.24, 2.45) is 0 Å². The number of rotatable bonds is 4. The second kappa shape index (κ2) is 9.65. The minimum absolute atomic E-state index is 0. The first kappa shape index (κ1) is 23.0. The van der Waals surface area contributed by atoms with Gasteiger partial charge in [-0.25, -0.2) is 9.97 Å². The zero-order chi connectivity index (χ0) is 21.3. The van der Waals surface area contributed by atoms with E-state index in [4.69, 9.17) is 0 Å². The summed E-state index contributed by atoms with van der Waals surface area (Å²) in [5.74, 6) is 0.518. The first-order chi connectivity index (χ1) is 14.4. The summed E-state index contributed by atoms with van der Waals surface area (Å²) >= 11 is 0. The summed E-state index contributed by atoms with van der Waals surface area (Å²) in [6.45, 7) is 9.25. The van der Waals surface area contributed by atoms with E-state index in [9.17, 15) is 4.79 Å². The number of hydrogen-bond acceptors (Lipinski definition) is 4. The molecule has 1 fully saturated rings. The Morgan fingerprint density at radius 2 is 1.87 bits per heavy atom. The lowest BCUT2D eigenvalue weighted by Crippen LogP contribution is -2.42. The highest BCUT2D eigenvalue weighted by molar-refractivity contribution is 6.07. The lowest BCUT2D eigenvalue weighted by molar-refractivity contribution is 0.0636. The van der Waals surface area contributed by atoms with Crippen LogP contribution in [-0.4, -0.2) is 33.4 Å². The maximum atomic E-state index is 13.5. The summed E-state index contributed by atoms with van der Waals surface area (Å²) in [5, 5.41) is 4.37. The van der Waals surface area contributed by atoms with Gasteiger partial charge in [0.2, 0.25) is 0 Å². The molecule has 3 heterocycles. The molecule has 1 aliphatic heterocycles. The van der Waals surface area contributed by atoms with E-state index >= 15 is 0 Å². The first-order valence-corrected chi connectivity index (χ1v) is 10.9. The van der Waals surface area contributed by atoms with E-state index in [0.717, 1.165) is 41.8 Å². The molecule has 0 bridgehead atoms. The molecule has 6 heteroatoms. The molecule has 1 N–H and O–H groups in total. The van der Waals surface area contributed by atoms with Gasteiger partial charge in [0.1, 0.15) is 0 Å². The van der Waals surface area contributed by atoms with Crippen LogP contribution in [-0.2, 0) is 0 Å². The zero-order valence-corrected chi connectivity index (χ0v) is 19.5. The van der Waals surface area contributed by atoms with Crippen LogP contribution in [0.5, 0.6) is 0 Å². The largest absolute Gasteiger partial charge is 0.354 e. The van der Waals surface area contributed by atoms with Gasteiger partial charge in [0.15, 0.2) is 5.65 Å². The summed E-state index contributed by atoms with van der Waals surface area (Å²) < 4.78 is 0. The van der Waals surface area contributed by atoms with Gasteiger partial charge in [-0.15, -0.1) is 12.4 Å². The smallest absolute Gasteiger partial charge is 0.257 e. The van der Waals surface area contributed by atoms with Crippen LogP contribution in [0.15, 0.2) is 42.6 Å². The molecular formula is C25H31ClN4O. The van der Waals surface area contributed by atoms with Gasteiger partial charge in [-0.05, 0) is 68.9 Å². The second-order valence-corrected chi connectivity index (χ2v) is 8.62. The van der Waals surface area contributed by atoms with E-state index in [0.29, 0.717) is 17.1 Å². The number of benzene rings is 1. The third-order valence-corrected chi connectivity index (χ3v) is 6.01. The van der Waals surface area contributed by atoms with E-state index < -0.39 is 0 Å². The number of nitrogens with zero attached hydrogens (tertiary/aromatic N) is 3. The third kappa shape index (κ3) is 4.82. The Morgan fingerprint density at radius 1 is 1.13 bits per heavy atom. The number of nitrogens with one attached hydrogen (secondary N) is 1. The number of amides is 1. The van der Waals surface area contributed by atoms with Crippen LogP contribution >= 0.6 is 12.4 Å². The van der Waals surface area contributed by atoms with Crippen molar-refractivity contribution >= 4 is 40.7 Å². The van der Waals surface area contributed by atoms with Crippen LogP contribution in [0.3, 0.4) is 0 Å². The van der Waals surface area contributed by atoms with Crippen molar-refractivity contribution in [1.29, 1.82) is 0 Å². The summed E-state index contributed by atoms with van der Waals surface area (Å²) in [6, 6.07) is 12.6. The number of halogens is 1. The van der Waals surface area contributed by atoms with Gasteiger partial charge in [0.05, 0.1) is 11.3 Å². The molecule has 4 rings (SSSR count). The fourth-order valence-corrected chi connectivity index (χ4v) is 4.12. The van der Waals surface area contributed by atoms with E-state index in [1.165, 1.54) is 12.0 Å². The van der Waals surface area contributed by atoms with Crippen LogP contribution in [0.25, 0.3) is 11.0 Å². The molecule has 1 aromatic carbocycles. The Morgan fingerprint density at radius 3 is 2.55 bits per heavy atom. The van der Waals surface area contributed by atoms with Gasteiger partial charge < -0.3 is 10.2 Å². The van der Waals surface area contributed by atoms with Gasteiger partial charge in [-0.1, -0.05) is 26.0 Å². The standard InChI is InChI=1S/C25H30N4O.ClH/c1-16(2)19-9-11-20(12-10-19)28-23-21-13-8-17(3)27-24(21)26-15-22(23)25(30)29-14-6-5-7-18(29)4;/h8-13,15-16,18H,5-7,14H2,1-4H3,(H,26,27,28);1H. The van der Waals surface area contributed by atoms with Gasteiger partial charge >= 0.3 is 0 Å². The molecule has 1 unspecified atom stereocenters. The zero-order valence-electron chi connectivity index (χ0n) is 18.7. The fourth-order valence-electron chi connectivity index (χ4n) is 4.12. The minimum Gasteiger partial charge on any atom is -0.354 e. The second-order valence-electron chi connectivity index (χ2n) is 8.62. The summed E-state index contributed by atoms with van der Waals surface area (Å²) in [6.07, 6.45) is 4.96. The Bertz CT molecular complexity index is 1070. The van der Waals surface area contributed by atoms with Gasteiger partial charge in [-0.2, -0.15) is 0 Å². The number of carbonyl (C=O) groups is 1. The molecule has 0 aliphatic carbocycles. The Labute approximate surface area is 190 Å². The fraction of sp³-hybridized carbons (Fsp3) is 0.400. The Kier molecular flexibility index (Phi) is 7.16. The van der Waals surface area contributed by atoms with Crippen molar-refractivity contribution < 1.29 is 4.79 Å². The number of anilines is 2. The number of carbonyl (C=O) groups excluding carboxylic acids is 1. The van der Waals surface area contributed by atoms with Crippen molar-refractivity contribution in [1.82, 2.24) is 14.9 Å². The number of pyridine rings is 2. The first-order valence-electron chi connectivity index (χ1n) is 10.9. The van der Waals surface area contributed by atoms with E-state index in [-0.39, 0.29) is 24.4 Å². The van der Waals surface area contributed by atoms with Crippen molar-refractivity contribution in [2.75, 3.05) is 11.9 Å². The number of piperidine rings is 1. The van der Waals surface area contributed by atoms with Crippen molar-refractivity contribution in [3.8, 4) is 0 Å². The highest BCUT2D eigenvalue weighted by atomic mass is 35.5. The van der Waals surface area contributed by atoms with Crippen LogP contribution in [0, 0.1) is 6.92 Å². The lowest BCUT2D eigenvalue weighted by Gasteiger charge is -2.34. The molecule has 1 atom stereocenters. The molecule has 1 saturated heterocycles. The van der Waals surface area contributed by atoms with Gasteiger partial charge in [-0.3, -0.25) is 4.79 Å². The number of hydrogen-bond donors (Lipinski definition) is 1. The van der Waals surface area contributed by atoms with Crippen LogP contribution in [0.4, 0.5) is 11.4 Å². The van der Waals surface area contributed by atoms with E-state index in [1.807, 2.05) is 24.0 Å². The Hall–Kier alpha value is -2.66. The molecule has 5 nitrogen and oxygen atoms in total. The summed E-state index contributed by atoms with van der Waals surface area (Å²) in [4.78, 5) is 24.6. The van der Waals surface area contributed by atoms with Crippen LogP contribution in [0.2, 0.25) is 0 Å². The molecule has 2 aromatic heterocycles. The molecule has 1 aliphatic rings. The van der Waals surface area contributed by atoms with Crippen molar-refractivity contribution in [3.63, 3.8) is 0 Å². The van der Waals surface area contributed by atoms with Crippen LogP contribution < -0.4 is 5.32 Å². The monoisotopic (exact) mass is 438 g/mol. The Balaban J connectivity index is 0.00000272. The maximum absolute atomic E-state index is 13.5. The van der Waals surface area contributed by atoms with Crippen molar-refractivity contribution in [2.45, 2.75) is 58.9 Å². The number of fused-ring (bicyclic) bond motifs is 1. The highest BCUT2D eigenvalue weighted by Gasteiger charge is 2.27. The molecule has 0 spiro atoms. The predicted molar refractivity (Wildman–Crippen MR) is 130 cm³/mol. The lowest BCUT2D eigenvalue weighted by atomic mass is 10.0. The molecule has 0 saturated carbocycles. The number of aromatic nitrogens is 2. The molecular weight excluding hydrogens is 408 g/mol. The SMILES string of the molecule is Cc1ccc2c(Nc3ccc(C(C)C)cc3)c(C(=O)N3CCCCC3C)cnc2n1.Cl. The van der Waals surface area contributed by atoms with Crippen LogP contribution in [0.1, 0.15) is 67.6 Å². The van der Waals surface area contributed by atoms with Gasteiger partial charge in [0, 0.05) is 35.6 Å². The summed E-state index contributed by atoms with van der Waals surface area (Å²) in [5.41, 5.74) is 5.19. The third-order valence-electron chi connectivity index (χ3n) is 6.01. The molecule has 0 radical (unpaired) electrons. The average Bonchev–Trinajstić information content (AvgIpc) is 2.74. The topological polar surface area (TPSA) is 58.1 Å². The number of aryl methyl sites for hydroxylation is 1. The molecule has 3 aromatic rings. The van der Waals surface area contributed by atoms with Gasteiger partial charge in [0.25, 0.3) is 5.91 Å². The quantitative estimate of drug-likeness (QED) is 0.523. The molecule has 31 heavy (non-hydrogen) atoms. The normalized spacial score (nSPS) is 16.3. The minimum atomic E-state index is 0. The van der Waals surface area contributed by atoms with E-state index in [2.05, 4.69) is 60.3 Å². The predicted octanol–water partition coefficient (Wildman–Crippen LogP) is 6.24. The molecule has 1 amide bonds. The number of likely N-dealkylation sites (tertiary alicyclic amines) is 1. The molecule has 164 valence electrons. The average molecular weight is 439 g/mol. The summed E-state index contributed by atoms with van der Waals surface area (Å²) in [7, 11) is 0. The maximum Gasteiger partial charge on any atom is 0.257 e. The van der Waals surface area contributed by atoms with Crippen molar-refractivity contribution in [3.05, 3.63) is 59.4 Å². The van der Waals surface area contributed by atoms with E-state index in [1.54, 1.807) is 6.20 Å².